The maximum Gasteiger partial charge on any atom is 0.345 e. The number of rotatable bonds is 1. The maximum absolute atomic E-state index is 10.9. The molecule has 4 nitrogen and oxygen atoms in total. The van der Waals surface area contributed by atoms with Crippen molar-refractivity contribution in [2.24, 2.45) is 0 Å². The van der Waals surface area contributed by atoms with Crippen LogP contribution < -0.4 is 5.69 Å². The highest BCUT2D eigenvalue weighted by atomic mass is 16.3. The molecule has 13 heavy (non-hydrogen) atoms. The Hall–Kier alpha value is -1.84. The second kappa shape index (κ2) is 2.90. The zero-order chi connectivity index (χ0) is 9.26. The van der Waals surface area contributed by atoms with E-state index in [1.165, 1.54) is 6.20 Å². The molecule has 0 spiro atoms. The number of nitrogens with one attached hydrogen (secondary N) is 1. The van der Waals surface area contributed by atoms with Gasteiger partial charge in [-0.1, -0.05) is 0 Å². The molecule has 0 radical (unpaired) electrons. The third-order valence-corrected chi connectivity index (χ3v) is 1.77. The topological polar surface area (TPSA) is 58.9 Å². The molecule has 0 aliphatic rings. The highest BCUT2D eigenvalue weighted by Crippen LogP contribution is 2.18. The zero-order valence-corrected chi connectivity index (χ0v) is 7.07. The number of aromatic nitrogens is 2. The van der Waals surface area contributed by atoms with Crippen molar-refractivity contribution in [1.29, 1.82) is 0 Å². The highest BCUT2D eigenvalue weighted by molar-refractivity contribution is 5.55. The van der Waals surface area contributed by atoms with Gasteiger partial charge in [-0.05, 0) is 24.6 Å². The fourth-order valence-electron chi connectivity index (χ4n) is 1.13. The van der Waals surface area contributed by atoms with Crippen LogP contribution in [0.5, 0.6) is 0 Å². The van der Waals surface area contributed by atoms with Crippen LogP contribution in [-0.2, 0) is 0 Å². The summed E-state index contributed by atoms with van der Waals surface area (Å²) in [7, 11) is 0. The summed E-state index contributed by atoms with van der Waals surface area (Å²) in [6.45, 7) is 1.86. The van der Waals surface area contributed by atoms with Crippen LogP contribution in [0.15, 0.2) is 33.8 Å². The van der Waals surface area contributed by atoms with Crippen LogP contribution in [0.3, 0.4) is 0 Å². The van der Waals surface area contributed by atoms with Gasteiger partial charge >= 0.3 is 5.69 Å². The third kappa shape index (κ3) is 1.38. The summed E-state index contributed by atoms with van der Waals surface area (Å²) in [6, 6.07) is 3.56. The molecule has 0 unspecified atom stereocenters. The number of hydrogen-bond donors (Lipinski definition) is 1. The van der Waals surface area contributed by atoms with Crippen molar-refractivity contribution in [2.75, 3.05) is 0 Å². The fraction of sp³-hybridized carbons (Fsp3) is 0.111. The summed E-state index contributed by atoms with van der Waals surface area (Å²) in [4.78, 5) is 17.1. The van der Waals surface area contributed by atoms with Crippen LogP contribution >= 0.6 is 0 Å². The van der Waals surface area contributed by atoms with E-state index in [4.69, 9.17) is 4.42 Å². The Bertz CT molecular complexity index is 457. The van der Waals surface area contributed by atoms with Crippen LogP contribution in [0.2, 0.25) is 0 Å². The number of furan rings is 1. The van der Waals surface area contributed by atoms with E-state index in [1.807, 2.05) is 6.92 Å². The largest absolute Gasteiger partial charge is 0.463 e. The molecule has 0 saturated heterocycles. The quantitative estimate of drug-likeness (QED) is 0.713. The minimum atomic E-state index is -0.364. The monoisotopic (exact) mass is 176 g/mol. The smallest absolute Gasteiger partial charge is 0.345 e. The van der Waals surface area contributed by atoms with Crippen molar-refractivity contribution in [1.82, 2.24) is 9.97 Å². The zero-order valence-electron chi connectivity index (χ0n) is 7.07. The average Bonchev–Trinajstić information content (AvgIpc) is 2.61. The molecule has 2 heterocycles. The highest BCUT2D eigenvalue weighted by Gasteiger charge is 2.04. The third-order valence-electron chi connectivity index (χ3n) is 1.77. The van der Waals surface area contributed by atoms with Gasteiger partial charge in [-0.25, -0.2) is 9.78 Å². The molecule has 0 amide bonds. The van der Waals surface area contributed by atoms with Crippen molar-refractivity contribution >= 4 is 0 Å². The van der Waals surface area contributed by atoms with Crippen LogP contribution in [0.25, 0.3) is 11.5 Å². The van der Waals surface area contributed by atoms with Crippen molar-refractivity contribution in [3.05, 3.63) is 40.6 Å². The Morgan fingerprint density at radius 3 is 3.08 bits per heavy atom. The molecule has 4 heteroatoms. The van der Waals surface area contributed by atoms with E-state index in [0.717, 1.165) is 5.56 Å². The van der Waals surface area contributed by atoms with Crippen molar-refractivity contribution in [3.8, 4) is 11.5 Å². The van der Waals surface area contributed by atoms with Crippen molar-refractivity contribution < 1.29 is 4.42 Å². The number of aryl methyl sites for hydroxylation is 1. The first-order chi connectivity index (χ1) is 6.27. The lowest BCUT2D eigenvalue weighted by atomic mass is 10.2. The molecule has 0 aliphatic heterocycles. The molecule has 0 fully saturated rings. The van der Waals surface area contributed by atoms with Crippen LogP contribution in [0, 0.1) is 6.92 Å². The second-order valence-electron chi connectivity index (χ2n) is 2.72. The van der Waals surface area contributed by atoms with E-state index >= 15 is 0 Å². The van der Waals surface area contributed by atoms with E-state index < -0.39 is 0 Å². The van der Waals surface area contributed by atoms with E-state index in [0.29, 0.717) is 11.5 Å². The number of aromatic amines is 1. The fourth-order valence-corrected chi connectivity index (χ4v) is 1.13. The lowest BCUT2D eigenvalue weighted by Crippen LogP contribution is -2.10. The Labute approximate surface area is 74.2 Å². The van der Waals surface area contributed by atoms with Gasteiger partial charge in [0.25, 0.3) is 0 Å². The number of H-pyrrole nitrogens is 1. The molecule has 2 rings (SSSR count). The molecule has 2 aromatic rings. The second-order valence-corrected chi connectivity index (χ2v) is 2.72. The summed E-state index contributed by atoms with van der Waals surface area (Å²) >= 11 is 0. The summed E-state index contributed by atoms with van der Waals surface area (Å²) in [5.74, 6) is 0.650. The molecule has 0 aromatic carbocycles. The molecule has 1 N–H and O–H groups in total. The minimum absolute atomic E-state index is 0.364. The van der Waals surface area contributed by atoms with E-state index in [1.54, 1.807) is 18.4 Å². The molecule has 66 valence electrons. The minimum Gasteiger partial charge on any atom is -0.463 e. The molecular formula is C9H8N2O2. The molecule has 0 saturated carbocycles. The van der Waals surface area contributed by atoms with Gasteiger partial charge in [-0.15, -0.1) is 0 Å². The summed E-state index contributed by atoms with van der Waals surface area (Å²) in [6.07, 6.45) is 3.09. The normalized spacial score (nSPS) is 10.2. The Morgan fingerprint density at radius 1 is 1.54 bits per heavy atom. The molecule has 0 aliphatic carbocycles. The van der Waals surface area contributed by atoms with Crippen LogP contribution in [0.4, 0.5) is 0 Å². The van der Waals surface area contributed by atoms with E-state index in [-0.39, 0.29) is 5.69 Å². The lowest BCUT2D eigenvalue weighted by Gasteiger charge is -1.99. The van der Waals surface area contributed by atoms with Crippen molar-refractivity contribution in [2.45, 2.75) is 6.92 Å². The number of hydrogen-bond acceptors (Lipinski definition) is 3. The molecular weight excluding hydrogens is 168 g/mol. The van der Waals surface area contributed by atoms with Crippen molar-refractivity contribution in [3.63, 3.8) is 0 Å². The van der Waals surface area contributed by atoms with Gasteiger partial charge in [0.1, 0.15) is 0 Å². The predicted octanol–water partition coefficient (Wildman–Crippen LogP) is 1.34. The average molecular weight is 176 g/mol. The van der Waals surface area contributed by atoms with Gasteiger partial charge in [-0.2, -0.15) is 0 Å². The van der Waals surface area contributed by atoms with Gasteiger partial charge in [-0.3, -0.25) is 0 Å². The molecule has 0 atom stereocenters. The summed E-state index contributed by atoms with van der Waals surface area (Å²) in [5.41, 5.74) is 1.21. The molecule has 2 aromatic heterocycles. The maximum atomic E-state index is 10.9. The van der Waals surface area contributed by atoms with Gasteiger partial charge in [0.05, 0.1) is 12.0 Å². The first-order valence-corrected chi connectivity index (χ1v) is 3.87. The van der Waals surface area contributed by atoms with Gasteiger partial charge < -0.3 is 9.40 Å². The van der Waals surface area contributed by atoms with Gasteiger partial charge in [0.2, 0.25) is 0 Å². The van der Waals surface area contributed by atoms with E-state index in [9.17, 15) is 4.79 Å². The molecule has 0 bridgehead atoms. The van der Waals surface area contributed by atoms with Crippen LogP contribution in [-0.4, -0.2) is 9.97 Å². The first kappa shape index (κ1) is 7.79. The number of nitrogens with zero attached hydrogens (tertiary/aromatic N) is 1. The van der Waals surface area contributed by atoms with Crippen LogP contribution in [0.1, 0.15) is 5.56 Å². The van der Waals surface area contributed by atoms with Gasteiger partial charge in [0, 0.05) is 6.20 Å². The first-order valence-electron chi connectivity index (χ1n) is 3.87. The Morgan fingerprint density at radius 2 is 2.38 bits per heavy atom. The Kier molecular flexibility index (Phi) is 1.73. The van der Waals surface area contributed by atoms with Gasteiger partial charge in [0.15, 0.2) is 5.76 Å². The van der Waals surface area contributed by atoms with E-state index in [2.05, 4.69) is 9.97 Å². The SMILES string of the molecule is Cc1cnc(=O)[nH]c1-c1ccco1. The summed E-state index contributed by atoms with van der Waals surface area (Å²) < 4.78 is 5.16. The summed E-state index contributed by atoms with van der Waals surface area (Å²) in [5, 5.41) is 0. The predicted molar refractivity (Wildman–Crippen MR) is 47.3 cm³/mol. The standard InChI is InChI=1S/C9H8N2O2/c1-6-5-10-9(12)11-8(6)7-3-2-4-13-7/h2-5H,1H3,(H,10,11,12). The Balaban J connectivity index is 2.64. The lowest BCUT2D eigenvalue weighted by molar-refractivity contribution is 0.579.